The van der Waals surface area contributed by atoms with E-state index in [1.165, 1.54) is 0 Å². The van der Waals surface area contributed by atoms with Crippen molar-refractivity contribution >= 4 is 17.3 Å². The van der Waals surface area contributed by atoms with Gasteiger partial charge in [0, 0.05) is 32.5 Å². The highest BCUT2D eigenvalue weighted by molar-refractivity contribution is 5.66. The summed E-state index contributed by atoms with van der Waals surface area (Å²) in [5, 5.41) is 12.2. The summed E-state index contributed by atoms with van der Waals surface area (Å²) >= 11 is 0. The molecule has 0 unspecified atom stereocenters. The molecule has 6 nitrogen and oxygen atoms in total. The SMILES string of the molecule is CCNc1cn2ccnc2c(N(C)CCO)n1. The lowest BCUT2D eigenvalue weighted by Crippen LogP contribution is -2.23. The van der Waals surface area contributed by atoms with E-state index in [9.17, 15) is 0 Å². The first-order valence-electron chi connectivity index (χ1n) is 5.65. The number of aliphatic hydroxyl groups is 1. The molecule has 2 heterocycles. The molecule has 0 bridgehead atoms. The normalized spacial score (nSPS) is 10.8. The van der Waals surface area contributed by atoms with Crippen molar-refractivity contribution in [3.63, 3.8) is 0 Å². The van der Waals surface area contributed by atoms with Crippen molar-refractivity contribution in [1.29, 1.82) is 0 Å². The van der Waals surface area contributed by atoms with Crippen LogP contribution in [-0.4, -0.2) is 46.2 Å². The van der Waals surface area contributed by atoms with Crippen LogP contribution in [0, 0.1) is 0 Å². The van der Waals surface area contributed by atoms with Gasteiger partial charge in [-0.05, 0) is 6.92 Å². The highest BCUT2D eigenvalue weighted by Crippen LogP contribution is 2.19. The lowest BCUT2D eigenvalue weighted by Gasteiger charge is -2.18. The van der Waals surface area contributed by atoms with Crippen LogP contribution in [0.5, 0.6) is 0 Å². The average Bonchev–Trinajstić information content (AvgIpc) is 2.76. The number of nitrogens with zero attached hydrogens (tertiary/aromatic N) is 4. The number of aromatic nitrogens is 3. The van der Waals surface area contributed by atoms with Crippen LogP contribution in [0.15, 0.2) is 18.6 Å². The van der Waals surface area contributed by atoms with E-state index in [2.05, 4.69) is 15.3 Å². The third-order valence-corrected chi connectivity index (χ3v) is 2.51. The molecule has 17 heavy (non-hydrogen) atoms. The molecule has 2 aromatic rings. The number of imidazole rings is 1. The summed E-state index contributed by atoms with van der Waals surface area (Å²) < 4.78 is 1.92. The molecular weight excluding hydrogens is 218 g/mol. The van der Waals surface area contributed by atoms with Crippen molar-refractivity contribution in [2.45, 2.75) is 6.92 Å². The molecule has 6 heteroatoms. The zero-order chi connectivity index (χ0) is 12.3. The van der Waals surface area contributed by atoms with Gasteiger partial charge in [-0.3, -0.25) is 0 Å². The van der Waals surface area contributed by atoms with E-state index in [-0.39, 0.29) is 6.61 Å². The van der Waals surface area contributed by atoms with E-state index in [1.807, 2.05) is 35.7 Å². The second kappa shape index (κ2) is 5.01. The molecule has 0 aliphatic rings. The van der Waals surface area contributed by atoms with Gasteiger partial charge in [-0.1, -0.05) is 0 Å². The third kappa shape index (κ3) is 2.31. The maximum Gasteiger partial charge on any atom is 0.180 e. The van der Waals surface area contributed by atoms with Gasteiger partial charge in [0.1, 0.15) is 5.82 Å². The number of hydrogen-bond acceptors (Lipinski definition) is 5. The number of anilines is 2. The van der Waals surface area contributed by atoms with Gasteiger partial charge < -0.3 is 19.7 Å². The largest absolute Gasteiger partial charge is 0.395 e. The van der Waals surface area contributed by atoms with Gasteiger partial charge in [0.05, 0.1) is 12.8 Å². The van der Waals surface area contributed by atoms with Crippen LogP contribution in [0.3, 0.4) is 0 Å². The molecule has 0 saturated carbocycles. The zero-order valence-electron chi connectivity index (χ0n) is 10.1. The van der Waals surface area contributed by atoms with Gasteiger partial charge in [-0.2, -0.15) is 0 Å². The smallest absolute Gasteiger partial charge is 0.180 e. The van der Waals surface area contributed by atoms with E-state index in [1.54, 1.807) is 6.20 Å². The molecule has 0 atom stereocenters. The molecule has 0 radical (unpaired) electrons. The number of hydrogen-bond donors (Lipinski definition) is 2. The molecule has 0 aliphatic heterocycles. The van der Waals surface area contributed by atoms with E-state index in [0.29, 0.717) is 6.54 Å². The quantitative estimate of drug-likeness (QED) is 0.794. The summed E-state index contributed by atoms with van der Waals surface area (Å²) in [4.78, 5) is 10.7. The predicted octanol–water partition coefficient (Wildman–Crippen LogP) is 0.590. The number of fused-ring (bicyclic) bond motifs is 1. The Bertz CT molecular complexity index is 496. The van der Waals surface area contributed by atoms with Gasteiger partial charge in [0.2, 0.25) is 0 Å². The molecule has 0 aromatic carbocycles. The summed E-state index contributed by atoms with van der Waals surface area (Å²) in [6, 6.07) is 0. The van der Waals surface area contributed by atoms with Crippen LogP contribution in [0.2, 0.25) is 0 Å². The molecule has 0 aliphatic carbocycles. The van der Waals surface area contributed by atoms with Crippen LogP contribution < -0.4 is 10.2 Å². The number of aliphatic hydroxyl groups excluding tert-OH is 1. The summed E-state index contributed by atoms with van der Waals surface area (Å²) in [6.07, 6.45) is 5.53. The van der Waals surface area contributed by atoms with E-state index < -0.39 is 0 Å². The van der Waals surface area contributed by atoms with Crippen molar-refractivity contribution < 1.29 is 5.11 Å². The van der Waals surface area contributed by atoms with Crippen LogP contribution >= 0.6 is 0 Å². The van der Waals surface area contributed by atoms with Crippen LogP contribution in [-0.2, 0) is 0 Å². The highest BCUT2D eigenvalue weighted by Gasteiger charge is 2.11. The first-order valence-corrected chi connectivity index (χ1v) is 5.65. The number of nitrogens with one attached hydrogen (secondary N) is 1. The van der Waals surface area contributed by atoms with Gasteiger partial charge in [0.15, 0.2) is 11.5 Å². The highest BCUT2D eigenvalue weighted by atomic mass is 16.3. The Kier molecular flexibility index (Phi) is 3.43. The van der Waals surface area contributed by atoms with Crippen LogP contribution in [0.4, 0.5) is 11.6 Å². The first-order chi connectivity index (χ1) is 8.26. The zero-order valence-corrected chi connectivity index (χ0v) is 10.1. The Balaban J connectivity index is 2.46. The van der Waals surface area contributed by atoms with Crippen molar-refractivity contribution in [1.82, 2.24) is 14.4 Å². The second-order valence-electron chi connectivity index (χ2n) is 3.78. The monoisotopic (exact) mass is 235 g/mol. The third-order valence-electron chi connectivity index (χ3n) is 2.51. The molecule has 0 spiro atoms. The van der Waals surface area contributed by atoms with Crippen molar-refractivity contribution in [3.05, 3.63) is 18.6 Å². The minimum absolute atomic E-state index is 0.0937. The summed E-state index contributed by atoms with van der Waals surface area (Å²) in [5.74, 6) is 1.57. The molecule has 2 aromatic heterocycles. The Labute approximate surface area is 99.9 Å². The fraction of sp³-hybridized carbons (Fsp3) is 0.455. The van der Waals surface area contributed by atoms with Gasteiger partial charge in [0.25, 0.3) is 0 Å². The molecular formula is C11H17N5O. The fourth-order valence-corrected chi connectivity index (χ4v) is 1.69. The lowest BCUT2D eigenvalue weighted by atomic mass is 10.5. The fourth-order valence-electron chi connectivity index (χ4n) is 1.69. The molecule has 0 fully saturated rings. The Morgan fingerprint density at radius 1 is 1.53 bits per heavy atom. The minimum atomic E-state index is 0.0937. The van der Waals surface area contributed by atoms with E-state index in [0.717, 1.165) is 23.8 Å². The lowest BCUT2D eigenvalue weighted by molar-refractivity contribution is 0.304. The summed E-state index contributed by atoms with van der Waals surface area (Å²) in [5.41, 5.74) is 0.794. The standard InChI is InChI=1S/C11H17N5O/c1-3-12-9-8-16-5-4-13-10(16)11(14-9)15(2)6-7-17/h4-5,8,12,17H,3,6-7H2,1-2H3. The maximum atomic E-state index is 8.98. The Hall–Kier alpha value is -1.82. The molecule has 0 saturated heterocycles. The van der Waals surface area contributed by atoms with Crippen molar-refractivity contribution in [3.8, 4) is 0 Å². The minimum Gasteiger partial charge on any atom is -0.395 e. The first kappa shape index (κ1) is 11.7. The maximum absolute atomic E-state index is 8.98. The second-order valence-corrected chi connectivity index (χ2v) is 3.78. The Morgan fingerprint density at radius 3 is 3.06 bits per heavy atom. The summed E-state index contributed by atoms with van der Waals surface area (Å²) in [6.45, 7) is 3.47. The molecule has 2 rings (SSSR count). The predicted molar refractivity (Wildman–Crippen MR) is 67.5 cm³/mol. The van der Waals surface area contributed by atoms with Gasteiger partial charge in [-0.15, -0.1) is 0 Å². The van der Waals surface area contributed by atoms with Gasteiger partial charge >= 0.3 is 0 Å². The number of likely N-dealkylation sites (N-methyl/N-ethyl adjacent to an activating group) is 1. The topological polar surface area (TPSA) is 65.7 Å². The van der Waals surface area contributed by atoms with Crippen molar-refractivity contribution in [2.75, 3.05) is 37.0 Å². The molecule has 92 valence electrons. The molecule has 2 N–H and O–H groups in total. The van der Waals surface area contributed by atoms with E-state index >= 15 is 0 Å². The van der Waals surface area contributed by atoms with Crippen LogP contribution in [0.1, 0.15) is 6.92 Å². The van der Waals surface area contributed by atoms with Gasteiger partial charge in [-0.25, -0.2) is 9.97 Å². The van der Waals surface area contributed by atoms with E-state index in [4.69, 9.17) is 5.11 Å². The Morgan fingerprint density at radius 2 is 2.35 bits per heavy atom. The number of rotatable bonds is 5. The molecule has 0 amide bonds. The van der Waals surface area contributed by atoms with Crippen molar-refractivity contribution in [2.24, 2.45) is 0 Å². The summed E-state index contributed by atoms with van der Waals surface area (Å²) in [7, 11) is 1.89. The average molecular weight is 235 g/mol. The van der Waals surface area contributed by atoms with Crippen LogP contribution in [0.25, 0.3) is 5.65 Å².